The van der Waals surface area contributed by atoms with Gasteiger partial charge in [0.15, 0.2) is 49.6 Å². The van der Waals surface area contributed by atoms with Gasteiger partial charge in [0.2, 0.25) is 0 Å². The summed E-state index contributed by atoms with van der Waals surface area (Å²) in [5.74, 6) is 0. The molecule has 0 aliphatic carbocycles. The van der Waals surface area contributed by atoms with Crippen LogP contribution in [0.5, 0.6) is 0 Å². The van der Waals surface area contributed by atoms with Gasteiger partial charge in [-0.25, -0.2) is 19.9 Å². The van der Waals surface area contributed by atoms with E-state index in [1.807, 2.05) is 122 Å². The van der Waals surface area contributed by atoms with Crippen molar-refractivity contribution in [3.05, 3.63) is 122 Å². The van der Waals surface area contributed by atoms with E-state index in [1.165, 1.54) is 0 Å². The van der Waals surface area contributed by atoms with E-state index in [0.717, 1.165) is 0 Å². The minimum absolute atomic E-state index is 1.88. The summed E-state index contributed by atoms with van der Waals surface area (Å²) in [6.45, 7) is 0. The van der Waals surface area contributed by atoms with E-state index in [2.05, 4.69) is 19.9 Å². The van der Waals surface area contributed by atoms with Crippen LogP contribution in [0, 0.1) is 0 Å². The highest BCUT2D eigenvalue weighted by molar-refractivity contribution is 6.50. The summed E-state index contributed by atoms with van der Waals surface area (Å²) in [4.78, 5) is 11.6. The van der Waals surface area contributed by atoms with Gasteiger partial charge in [0.05, 0.1) is 0 Å². The number of aromatic nitrogens is 4. The van der Waals surface area contributed by atoms with Crippen LogP contribution in [0.2, 0.25) is 0 Å². The highest BCUT2D eigenvalue weighted by atomic mass is 19.5. The van der Waals surface area contributed by atoms with Crippen molar-refractivity contribution in [3.8, 4) is 0 Å². The summed E-state index contributed by atoms with van der Waals surface area (Å²) in [6.07, 6.45) is 15.0. The van der Waals surface area contributed by atoms with Crippen molar-refractivity contribution in [2.75, 3.05) is 0 Å². The van der Waals surface area contributed by atoms with E-state index in [1.54, 1.807) is 0 Å². The van der Waals surface area contributed by atoms with E-state index < -0.39 is 29.0 Å². The lowest BCUT2D eigenvalue weighted by Crippen LogP contribution is -2.02. The molecule has 0 amide bonds. The van der Waals surface area contributed by atoms with Crippen molar-refractivity contribution in [2.24, 2.45) is 0 Å². The number of hydrogen-bond donors (Lipinski definition) is 0. The normalized spacial score (nSPS) is 9.82. The van der Waals surface area contributed by atoms with Crippen molar-refractivity contribution >= 4 is 29.0 Å². The Morgan fingerprint density at radius 2 is 0.295 bits per heavy atom. The molecule has 0 aliphatic rings. The van der Waals surface area contributed by atoms with E-state index in [0.29, 0.717) is 0 Å². The molecule has 0 saturated heterocycles. The smallest absolute Gasteiger partial charge is 0.418 e. The Morgan fingerprint density at radius 3 is 0.318 bits per heavy atom. The third-order valence-electron chi connectivity index (χ3n) is 2.43. The maximum atomic E-state index is 9.75. The van der Waals surface area contributed by atoms with Crippen molar-refractivity contribution < 1.29 is 89.0 Å². The first kappa shape index (κ1) is 46.7. The summed E-state index contributed by atoms with van der Waals surface area (Å²) >= 11 is 0. The maximum Gasteiger partial charge on any atom is 0.673 e. The zero-order valence-electron chi connectivity index (χ0n) is 21.9. The molecule has 44 heavy (non-hydrogen) atoms. The standard InChI is InChI=1S/4C5H5N.4BF4/c4*1-2-4-6-5-3-1;4*2-1(3,4)5/h4*1-5H;;;;/q;;;;4*-1/p+4. The lowest BCUT2D eigenvalue weighted by Gasteiger charge is -1.94. The van der Waals surface area contributed by atoms with Crippen LogP contribution >= 0.6 is 0 Å². The molecular weight excluding hydrogens is 643 g/mol. The Hall–Kier alpha value is -4.26. The SMILES string of the molecule is F[B-](F)(F)F.F[B-](F)(F)F.F[B-](F)(F)F.F[B-](F)(F)F.c1cc[nH+]cc1.c1cc[nH+]cc1.c1cc[nH+]cc1.c1cc[nH+]cc1. The first-order valence-electron chi connectivity index (χ1n) is 11.1. The van der Waals surface area contributed by atoms with Crippen molar-refractivity contribution in [1.29, 1.82) is 0 Å². The predicted molar refractivity (Wildman–Crippen MR) is 133 cm³/mol. The molecule has 0 fully saturated rings. The van der Waals surface area contributed by atoms with Crippen molar-refractivity contribution in [2.45, 2.75) is 0 Å². The molecular formula is C20H24B4F16N4. The largest absolute Gasteiger partial charge is 0.673 e. The molecule has 4 heterocycles. The van der Waals surface area contributed by atoms with Crippen LogP contribution in [-0.2, 0) is 0 Å². The summed E-state index contributed by atoms with van der Waals surface area (Å²) in [7, 11) is -24.0. The van der Waals surface area contributed by atoms with Gasteiger partial charge in [-0.3, -0.25) is 0 Å². The Kier molecular flexibility index (Phi) is 30.6. The van der Waals surface area contributed by atoms with Gasteiger partial charge in [-0.05, 0) is 0 Å². The summed E-state index contributed by atoms with van der Waals surface area (Å²) in [5.41, 5.74) is 0. The maximum absolute atomic E-state index is 9.75. The average Bonchev–Trinajstić information content (AvgIpc) is 2.90. The Bertz CT molecular complexity index is 746. The van der Waals surface area contributed by atoms with E-state index in [-0.39, 0.29) is 0 Å². The number of halogens is 16. The fourth-order valence-corrected chi connectivity index (χ4v) is 1.37. The highest BCUT2D eigenvalue weighted by Crippen LogP contribution is 2.08. The van der Waals surface area contributed by atoms with Gasteiger partial charge in [-0.2, -0.15) is 0 Å². The van der Waals surface area contributed by atoms with Gasteiger partial charge in [0.1, 0.15) is 0 Å². The molecule has 4 nitrogen and oxygen atoms in total. The third-order valence-corrected chi connectivity index (χ3v) is 2.43. The van der Waals surface area contributed by atoms with Gasteiger partial charge in [-0.15, -0.1) is 0 Å². The predicted octanol–water partition coefficient (Wildman–Crippen LogP) is 7.20. The molecule has 0 saturated carbocycles. The van der Waals surface area contributed by atoms with E-state index in [9.17, 15) is 69.1 Å². The zero-order chi connectivity index (χ0) is 35.0. The molecule has 4 rings (SSSR count). The van der Waals surface area contributed by atoms with Crippen LogP contribution in [0.25, 0.3) is 0 Å². The molecule has 0 aliphatic heterocycles. The first-order valence-corrected chi connectivity index (χ1v) is 11.1. The molecule has 0 spiro atoms. The Morgan fingerprint density at radius 1 is 0.205 bits per heavy atom. The fourth-order valence-electron chi connectivity index (χ4n) is 1.37. The second-order valence-corrected chi connectivity index (χ2v) is 6.29. The van der Waals surface area contributed by atoms with Crippen LogP contribution in [0.1, 0.15) is 0 Å². The molecule has 248 valence electrons. The van der Waals surface area contributed by atoms with Crippen LogP contribution in [0.3, 0.4) is 0 Å². The molecule has 4 aromatic heterocycles. The van der Waals surface area contributed by atoms with Crippen LogP contribution in [0.15, 0.2) is 122 Å². The van der Waals surface area contributed by atoms with E-state index >= 15 is 0 Å². The molecule has 0 unspecified atom stereocenters. The second-order valence-electron chi connectivity index (χ2n) is 6.29. The van der Waals surface area contributed by atoms with Gasteiger partial charge < -0.3 is 69.1 Å². The molecule has 0 atom stereocenters. The summed E-state index contributed by atoms with van der Waals surface area (Å²) in [6, 6.07) is 23.4. The molecule has 24 heteroatoms. The van der Waals surface area contributed by atoms with Gasteiger partial charge in [0, 0.05) is 48.5 Å². The summed E-state index contributed by atoms with van der Waals surface area (Å²) < 4.78 is 156. The lowest BCUT2D eigenvalue weighted by molar-refractivity contribution is -0.378. The Balaban J connectivity index is -0.000000208. The quantitative estimate of drug-likeness (QED) is 0.141. The van der Waals surface area contributed by atoms with Crippen LogP contribution in [-0.4, -0.2) is 29.0 Å². The number of nitrogens with one attached hydrogen (secondary N) is 4. The topological polar surface area (TPSA) is 56.6 Å². The number of hydrogen-bond acceptors (Lipinski definition) is 0. The minimum Gasteiger partial charge on any atom is -0.418 e. The zero-order valence-corrected chi connectivity index (χ0v) is 21.9. The highest BCUT2D eigenvalue weighted by Gasteiger charge is 2.21. The van der Waals surface area contributed by atoms with Gasteiger partial charge >= 0.3 is 29.0 Å². The fraction of sp³-hybridized carbons (Fsp3) is 0. The molecule has 4 N–H and O–H groups in total. The van der Waals surface area contributed by atoms with E-state index in [4.69, 9.17) is 0 Å². The minimum atomic E-state index is -6.00. The van der Waals surface area contributed by atoms with Crippen LogP contribution < -0.4 is 19.9 Å². The average molecular weight is 668 g/mol. The first-order chi connectivity index (χ1) is 20.0. The monoisotopic (exact) mass is 668 g/mol. The number of H-pyrrole nitrogens is 4. The number of aromatic amines is 4. The molecule has 0 bridgehead atoms. The Labute approximate surface area is 241 Å². The second kappa shape index (κ2) is 28.8. The molecule has 4 aromatic rings. The third kappa shape index (κ3) is 131. The van der Waals surface area contributed by atoms with Crippen LogP contribution in [0.4, 0.5) is 69.1 Å². The van der Waals surface area contributed by atoms with Gasteiger partial charge in [0.25, 0.3) is 0 Å². The number of pyridine rings is 4. The molecule has 0 aromatic carbocycles. The van der Waals surface area contributed by atoms with Crippen molar-refractivity contribution in [1.82, 2.24) is 0 Å². The summed E-state index contributed by atoms with van der Waals surface area (Å²) in [5, 5.41) is 0. The lowest BCUT2D eigenvalue weighted by atomic mass is 10.3. The van der Waals surface area contributed by atoms with Crippen molar-refractivity contribution in [3.63, 3.8) is 0 Å². The molecule has 0 radical (unpaired) electrons. The number of rotatable bonds is 0. The van der Waals surface area contributed by atoms with Gasteiger partial charge in [-0.1, -0.05) is 24.3 Å².